The molecule has 0 radical (unpaired) electrons. The summed E-state index contributed by atoms with van der Waals surface area (Å²) < 4.78 is 51.3. The highest BCUT2D eigenvalue weighted by molar-refractivity contribution is 5.28. The van der Waals surface area contributed by atoms with Crippen molar-refractivity contribution in [1.29, 1.82) is 0 Å². The highest BCUT2D eigenvalue weighted by Crippen LogP contribution is 2.24. The Hall–Kier alpha value is -1.30. The molecule has 0 atom stereocenters. The molecular formula is C8H6F4O2. The summed E-state index contributed by atoms with van der Waals surface area (Å²) in [6.45, 7) is -0.571. The molecule has 0 amide bonds. The van der Waals surface area contributed by atoms with Gasteiger partial charge in [0.05, 0.1) is 6.61 Å². The molecular weight excluding hydrogens is 204 g/mol. The predicted octanol–water partition coefficient (Wildman–Crippen LogP) is 2.22. The number of benzene rings is 1. The molecule has 1 N–H and O–H groups in total. The second kappa shape index (κ2) is 3.83. The van der Waals surface area contributed by atoms with Gasteiger partial charge in [-0.1, -0.05) is 6.07 Å². The van der Waals surface area contributed by atoms with Crippen LogP contribution in [0.25, 0.3) is 0 Å². The molecule has 0 aliphatic heterocycles. The third-order valence-corrected chi connectivity index (χ3v) is 1.43. The molecule has 0 aliphatic rings. The van der Waals surface area contributed by atoms with E-state index in [1.54, 1.807) is 0 Å². The number of hydrogen-bond acceptors (Lipinski definition) is 2. The van der Waals surface area contributed by atoms with Crippen LogP contribution in [-0.2, 0) is 6.61 Å². The maximum Gasteiger partial charge on any atom is 0.573 e. The molecule has 0 saturated heterocycles. The van der Waals surface area contributed by atoms with Gasteiger partial charge in [0.2, 0.25) is 0 Å². The van der Waals surface area contributed by atoms with E-state index in [0.29, 0.717) is 6.07 Å². The fourth-order valence-electron chi connectivity index (χ4n) is 0.853. The first-order valence-electron chi connectivity index (χ1n) is 3.57. The maximum absolute atomic E-state index is 12.8. The van der Waals surface area contributed by atoms with Crippen LogP contribution >= 0.6 is 0 Å². The standard InChI is InChI=1S/C8H6F4O2/c9-7-3-6(14-8(10,11)12)2-1-5(7)4-13/h1-3,13H,4H2. The lowest BCUT2D eigenvalue weighted by molar-refractivity contribution is -0.274. The molecule has 0 spiro atoms. The van der Waals surface area contributed by atoms with Crippen molar-refractivity contribution in [1.82, 2.24) is 0 Å². The van der Waals surface area contributed by atoms with Gasteiger partial charge in [0.15, 0.2) is 0 Å². The lowest BCUT2D eigenvalue weighted by atomic mass is 10.2. The number of hydrogen-bond donors (Lipinski definition) is 1. The minimum absolute atomic E-state index is 0.0838. The number of aliphatic hydroxyl groups excluding tert-OH is 1. The summed E-state index contributed by atoms with van der Waals surface area (Å²) in [6.07, 6.45) is -4.84. The minimum atomic E-state index is -4.84. The van der Waals surface area contributed by atoms with Gasteiger partial charge >= 0.3 is 6.36 Å². The molecule has 0 aromatic heterocycles. The molecule has 0 heterocycles. The van der Waals surface area contributed by atoms with Crippen molar-refractivity contribution < 1.29 is 27.4 Å². The topological polar surface area (TPSA) is 29.5 Å². The van der Waals surface area contributed by atoms with Gasteiger partial charge in [0.25, 0.3) is 0 Å². The van der Waals surface area contributed by atoms with Crippen LogP contribution in [0.2, 0.25) is 0 Å². The zero-order chi connectivity index (χ0) is 10.8. The van der Waals surface area contributed by atoms with E-state index in [1.165, 1.54) is 0 Å². The first kappa shape index (κ1) is 10.8. The fourth-order valence-corrected chi connectivity index (χ4v) is 0.853. The average Bonchev–Trinajstić information content (AvgIpc) is 2.01. The maximum atomic E-state index is 12.8. The van der Waals surface area contributed by atoms with Gasteiger partial charge in [-0.2, -0.15) is 0 Å². The number of alkyl halides is 3. The van der Waals surface area contributed by atoms with Crippen LogP contribution in [0.5, 0.6) is 5.75 Å². The van der Waals surface area contributed by atoms with E-state index < -0.39 is 24.5 Å². The largest absolute Gasteiger partial charge is 0.573 e. The molecule has 0 bridgehead atoms. The third-order valence-electron chi connectivity index (χ3n) is 1.43. The van der Waals surface area contributed by atoms with E-state index in [0.717, 1.165) is 12.1 Å². The summed E-state index contributed by atoms with van der Waals surface area (Å²) in [7, 11) is 0. The molecule has 1 rings (SSSR count). The Morgan fingerprint density at radius 3 is 2.36 bits per heavy atom. The van der Waals surface area contributed by atoms with Crippen LogP contribution in [0.4, 0.5) is 17.6 Å². The van der Waals surface area contributed by atoms with E-state index in [1.807, 2.05) is 0 Å². The van der Waals surface area contributed by atoms with Crippen molar-refractivity contribution in [2.75, 3.05) is 0 Å². The minimum Gasteiger partial charge on any atom is -0.406 e. The Bertz CT molecular complexity index is 322. The number of halogens is 4. The van der Waals surface area contributed by atoms with E-state index in [9.17, 15) is 17.6 Å². The predicted molar refractivity (Wildman–Crippen MR) is 39.0 cm³/mol. The van der Waals surface area contributed by atoms with Gasteiger partial charge in [-0.15, -0.1) is 13.2 Å². The van der Waals surface area contributed by atoms with Gasteiger partial charge in [0, 0.05) is 11.6 Å². The van der Waals surface area contributed by atoms with Crippen LogP contribution in [0.3, 0.4) is 0 Å². The monoisotopic (exact) mass is 210 g/mol. The summed E-state index contributed by atoms with van der Waals surface area (Å²) >= 11 is 0. The Morgan fingerprint density at radius 1 is 1.29 bits per heavy atom. The summed E-state index contributed by atoms with van der Waals surface area (Å²) in [4.78, 5) is 0. The van der Waals surface area contributed by atoms with Gasteiger partial charge in [-0.25, -0.2) is 4.39 Å². The van der Waals surface area contributed by atoms with Crippen molar-refractivity contribution in [2.24, 2.45) is 0 Å². The SMILES string of the molecule is OCc1ccc(OC(F)(F)F)cc1F. The molecule has 0 aliphatic carbocycles. The average molecular weight is 210 g/mol. The van der Waals surface area contributed by atoms with Crippen molar-refractivity contribution in [3.8, 4) is 5.75 Å². The van der Waals surface area contributed by atoms with E-state index in [4.69, 9.17) is 5.11 Å². The Balaban J connectivity index is 2.87. The van der Waals surface area contributed by atoms with Crippen molar-refractivity contribution >= 4 is 0 Å². The zero-order valence-corrected chi connectivity index (χ0v) is 6.81. The first-order chi connectivity index (χ1) is 6.42. The van der Waals surface area contributed by atoms with Gasteiger partial charge in [-0.05, 0) is 6.07 Å². The Labute approximate surface area is 76.7 Å². The molecule has 14 heavy (non-hydrogen) atoms. The van der Waals surface area contributed by atoms with Crippen LogP contribution in [0.15, 0.2) is 18.2 Å². The molecule has 0 saturated carbocycles. The highest BCUT2D eigenvalue weighted by Gasteiger charge is 2.31. The lowest BCUT2D eigenvalue weighted by Gasteiger charge is -2.09. The first-order valence-corrected chi connectivity index (χ1v) is 3.57. The van der Waals surface area contributed by atoms with Crippen molar-refractivity contribution in [3.63, 3.8) is 0 Å². The van der Waals surface area contributed by atoms with E-state index in [-0.39, 0.29) is 5.56 Å². The molecule has 78 valence electrons. The van der Waals surface area contributed by atoms with Crippen LogP contribution in [0.1, 0.15) is 5.56 Å². The Morgan fingerprint density at radius 2 is 1.93 bits per heavy atom. The molecule has 1 aromatic rings. The molecule has 2 nitrogen and oxygen atoms in total. The van der Waals surface area contributed by atoms with Crippen LogP contribution < -0.4 is 4.74 Å². The number of rotatable bonds is 2. The van der Waals surface area contributed by atoms with Crippen molar-refractivity contribution in [2.45, 2.75) is 13.0 Å². The molecule has 1 aromatic carbocycles. The summed E-state index contributed by atoms with van der Waals surface area (Å²) in [5.41, 5.74) is -0.0838. The second-order valence-corrected chi connectivity index (χ2v) is 2.46. The van der Waals surface area contributed by atoms with Gasteiger partial charge in [-0.3, -0.25) is 0 Å². The summed E-state index contributed by atoms with van der Waals surface area (Å²) in [6, 6.07) is 2.53. The molecule has 0 unspecified atom stereocenters. The highest BCUT2D eigenvalue weighted by atomic mass is 19.4. The van der Waals surface area contributed by atoms with E-state index in [2.05, 4.69) is 4.74 Å². The normalized spacial score (nSPS) is 11.5. The molecule has 0 fully saturated rings. The summed E-state index contributed by atoms with van der Waals surface area (Å²) in [5.74, 6) is -1.58. The van der Waals surface area contributed by atoms with Crippen molar-refractivity contribution in [3.05, 3.63) is 29.6 Å². The summed E-state index contributed by atoms with van der Waals surface area (Å²) in [5, 5.41) is 8.54. The second-order valence-electron chi connectivity index (χ2n) is 2.46. The van der Waals surface area contributed by atoms with Crippen LogP contribution in [0, 0.1) is 5.82 Å². The third kappa shape index (κ3) is 2.88. The lowest BCUT2D eigenvalue weighted by Crippen LogP contribution is -2.17. The smallest absolute Gasteiger partial charge is 0.406 e. The number of ether oxygens (including phenoxy) is 1. The van der Waals surface area contributed by atoms with Gasteiger partial charge in [0.1, 0.15) is 11.6 Å². The van der Waals surface area contributed by atoms with Gasteiger partial charge < -0.3 is 9.84 Å². The van der Waals surface area contributed by atoms with E-state index >= 15 is 0 Å². The van der Waals surface area contributed by atoms with Crippen LogP contribution in [-0.4, -0.2) is 11.5 Å². The Kier molecular flexibility index (Phi) is 2.95. The molecule has 6 heteroatoms. The zero-order valence-electron chi connectivity index (χ0n) is 6.81. The number of aliphatic hydroxyl groups is 1. The fraction of sp³-hybridized carbons (Fsp3) is 0.250. The quantitative estimate of drug-likeness (QED) is 0.758.